The summed E-state index contributed by atoms with van der Waals surface area (Å²) in [6, 6.07) is 16.1. The van der Waals surface area contributed by atoms with E-state index in [1.54, 1.807) is 11.8 Å². The fourth-order valence-electron chi connectivity index (χ4n) is 2.47. The van der Waals surface area contributed by atoms with E-state index in [1.165, 1.54) is 4.90 Å². The van der Waals surface area contributed by atoms with E-state index in [2.05, 4.69) is 17.4 Å². The van der Waals surface area contributed by atoms with Crippen LogP contribution < -0.4 is 14.8 Å². The topological polar surface area (TPSA) is 47.6 Å². The number of ether oxygens (including phenoxy) is 2. The van der Waals surface area contributed by atoms with Gasteiger partial charge in [0.15, 0.2) is 11.5 Å². The highest BCUT2D eigenvalue weighted by atomic mass is 32.2. The van der Waals surface area contributed by atoms with Crippen LogP contribution in [0.3, 0.4) is 0 Å². The van der Waals surface area contributed by atoms with Crippen molar-refractivity contribution in [2.45, 2.75) is 31.6 Å². The Morgan fingerprint density at radius 1 is 1.00 bits per heavy atom. The molecule has 0 aliphatic rings. The maximum atomic E-state index is 12.0. The summed E-state index contributed by atoms with van der Waals surface area (Å²) in [5.74, 6) is 2.44. The second kappa shape index (κ2) is 11.5. The quantitative estimate of drug-likeness (QED) is 0.471. The summed E-state index contributed by atoms with van der Waals surface area (Å²) in [6.45, 7) is 5.76. The largest absolute Gasteiger partial charge is 0.490 e. The molecular formula is C21H27NO3S. The smallest absolute Gasteiger partial charge is 0.220 e. The van der Waals surface area contributed by atoms with Crippen molar-refractivity contribution in [1.82, 2.24) is 5.32 Å². The van der Waals surface area contributed by atoms with Crippen molar-refractivity contribution >= 4 is 17.7 Å². The number of benzene rings is 2. The van der Waals surface area contributed by atoms with Crippen LogP contribution in [0.5, 0.6) is 11.5 Å². The van der Waals surface area contributed by atoms with Crippen molar-refractivity contribution in [2.24, 2.45) is 0 Å². The predicted molar refractivity (Wildman–Crippen MR) is 107 cm³/mol. The molecule has 0 unspecified atom stereocenters. The number of hydrogen-bond acceptors (Lipinski definition) is 4. The Kier molecular flexibility index (Phi) is 8.90. The molecule has 4 nitrogen and oxygen atoms in total. The number of thioether (sulfide) groups is 1. The van der Waals surface area contributed by atoms with E-state index in [1.807, 2.05) is 50.2 Å². The standard InChI is InChI=1S/C21H27NO3S/c1-3-24-19-12-10-17(16-20(19)25-4-2)11-13-21(23)22-14-15-26-18-8-6-5-7-9-18/h5-10,12,16H,3-4,11,13-15H2,1-2H3,(H,22,23). The molecule has 140 valence electrons. The van der Waals surface area contributed by atoms with Gasteiger partial charge >= 0.3 is 0 Å². The Bertz CT molecular complexity index is 676. The number of carbonyl (C=O) groups is 1. The molecule has 0 spiro atoms. The normalized spacial score (nSPS) is 10.4. The van der Waals surface area contributed by atoms with Gasteiger partial charge in [-0.25, -0.2) is 0 Å². The van der Waals surface area contributed by atoms with E-state index >= 15 is 0 Å². The molecule has 0 saturated carbocycles. The van der Waals surface area contributed by atoms with E-state index in [0.717, 1.165) is 22.8 Å². The molecule has 2 rings (SSSR count). The van der Waals surface area contributed by atoms with Crippen LogP contribution >= 0.6 is 11.8 Å². The molecule has 2 aromatic rings. The first-order chi connectivity index (χ1) is 12.7. The molecular weight excluding hydrogens is 346 g/mol. The molecule has 2 aromatic carbocycles. The van der Waals surface area contributed by atoms with Crippen LogP contribution in [0.1, 0.15) is 25.8 Å². The van der Waals surface area contributed by atoms with Crippen LogP contribution in [-0.4, -0.2) is 31.4 Å². The van der Waals surface area contributed by atoms with Gasteiger partial charge in [-0.05, 0) is 50.1 Å². The van der Waals surface area contributed by atoms with Crippen molar-refractivity contribution in [3.05, 3.63) is 54.1 Å². The lowest BCUT2D eigenvalue weighted by molar-refractivity contribution is -0.120. The van der Waals surface area contributed by atoms with Gasteiger partial charge in [0.2, 0.25) is 5.91 Å². The van der Waals surface area contributed by atoms with E-state index < -0.39 is 0 Å². The van der Waals surface area contributed by atoms with Gasteiger partial charge in [-0.2, -0.15) is 0 Å². The van der Waals surface area contributed by atoms with Gasteiger partial charge in [-0.3, -0.25) is 4.79 Å². The van der Waals surface area contributed by atoms with E-state index in [0.29, 0.717) is 32.6 Å². The molecule has 0 atom stereocenters. The summed E-state index contributed by atoms with van der Waals surface area (Å²) >= 11 is 1.75. The van der Waals surface area contributed by atoms with E-state index in [-0.39, 0.29) is 5.91 Å². The lowest BCUT2D eigenvalue weighted by atomic mass is 10.1. The Hall–Kier alpha value is -2.14. The molecule has 0 radical (unpaired) electrons. The third-order valence-corrected chi connectivity index (χ3v) is 4.70. The first kappa shape index (κ1) is 20.2. The Balaban J connectivity index is 1.73. The van der Waals surface area contributed by atoms with Gasteiger partial charge in [0.1, 0.15) is 0 Å². The third-order valence-electron chi connectivity index (χ3n) is 3.68. The maximum absolute atomic E-state index is 12.0. The van der Waals surface area contributed by atoms with Crippen molar-refractivity contribution in [2.75, 3.05) is 25.5 Å². The lowest BCUT2D eigenvalue weighted by Gasteiger charge is -2.12. The molecule has 1 N–H and O–H groups in total. The van der Waals surface area contributed by atoms with Gasteiger partial charge in [0.25, 0.3) is 0 Å². The average molecular weight is 374 g/mol. The number of amides is 1. The minimum Gasteiger partial charge on any atom is -0.490 e. The van der Waals surface area contributed by atoms with E-state index in [4.69, 9.17) is 9.47 Å². The van der Waals surface area contributed by atoms with Crippen LogP contribution in [0, 0.1) is 0 Å². The summed E-state index contributed by atoms with van der Waals surface area (Å²) < 4.78 is 11.2. The molecule has 0 aromatic heterocycles. The second-order valence-electron chi connectivity index (χ2n) is 5.66. The van der Waals surface area contributed by atoms with Gasteiger partial charge in [-0.15, -0.1) is 11.8 Å². The van der Waals surface area contributed by atoms with Gasteiger partial charge in [0.05, 0.1) is 13.2 Å². The summed E-state index contributed by atoms with van der Waals surface area (Å²) in [4.78, 5) is 13.3. The monoisotopic (exact) mass is 373 g/mol. The second-order valence-corrected chi connectivity index (χ2v) is 6.83. The molecule has 0 aliphatic carbocycles. The summed E-state index contributed by atoms with van der Waals surface area (Å²) in [5.41, 5.74) is 1.07. The van der Waals surface area contributed by atoms with Gasteiger partial charge in [0, 0.05) is 23.6 Å². The van der Waals surface area contributed by atoms with Crippen molar-refractivity contribution in [3.63, 3.8) is 0 Å². The maximum Gasteiger partial charge on any atom is 0.220 e. The minimum atomic E-state index is 0.0745. The molecule has 5 heteroatoms. The first-order valence-electron chi connectivity index (χ1n) is 9.06. The fraction of sp³-hybridized carbons (Fsp3) is 0.381. The molecule has 26 heavy (non-hydrogen) atoms. The van der Waals surface area contributed by atoms with Crippen molar-refractivity contribution < 1.29 is 14.3 Å². The zero-order chi connectivity index (χ0) is 18.6. The third kappa shape index (κ3) is 7.00. The zero-order valence-corrected chi connectivity index (χ0v) is 16.3. The molecule has 0 saturated heterocycles. The van der Waals surface area contributed by atoms with Crippen LogP contribution in [0.2, 0.25) is 0 Å². The first-order valence-corrected chi connectivity index (χ1v) is 10.0. The predicted octanol–water partition coefficient (Wildman–Crippen LogP) is 4.33. The van der Waals surface area contributed by atoms with Crippen LogP contribution in [0.25, 0.3) is 0 Å². The van der Waals surface area contributed by atoms with Crippen molar-refractivity contribution in [1.29, 1.82) is 0 Å². The number of rotatable bonds is 11. The Labute approximate surface area is 160 Å². The highest BCUT2D eigenvalue weighted by Gasteiger charge is 2.08. The summed E-state index contributed by atoms with van der Waals surface area (Å²) in [7, 11) is 0. The molecule has 0 heterocycles. The van der Waals surface area contributed by atoms with Crippen LogP contribution in [-0.2, 0) is 11.2 Å². The van der Waals surface area contributed by atoms with Crippen LogP contribution in [0.15, 0.2) is 53.4 Å². The number of aryl methyl sites for hydroxylation is 1. The van der Waals surface area contributed by atoms with Crippen LogP contribution in [0.4, 0.5) is 0 Å². The highest BCUT2D eigenvalue weighted by Crippen LogP contribution is 2.29. The zero-order valence-electron chi connectivity index (χ0n) is 15.5. The number of carbonyl (C=O) groups excluding carboxylic acids is 1. The summed E-state index contributed by atoms with van der Waals surface area (Å²) in [6.07, 6.45) is 1.15. The molecule has 0 fully saturated rings. The minimum absolute atomic E-state index is 0.0745. The molecule has 0 aliphatic heterocycles. The SMILES string of the molecule is CCOc1ccc(CCC(=O)NCCSc2ccccc2)cc1OCC. The molecule has 0 bridgehead atoms. The highest BCUT2D eigenvalue weighted by molar-refractivity contribution is 7.99. The Morgan fingerprint density at radius 3 is 2.46 bits per heavy atom. The lowest BCUT2D eigenvalue weighted by Crippen LogP contribution is -2.25. The van der Waals surface area contributed by atoms with Gasteiger partial charge in [-0.1, -0.05) is 24.3 Å². The molecule has 1 amide bonds. The number of nitrogens with one attached hydrogen (secondary N) is 1. The number of hydrogen-bond donors (Lipinski definition) is 1. The Morgan fingerprint density at radius 2 is 1.73 bits per heavy atom. The van der Waals surface area contributed by atoms with Crippen molar-refractivity contribution in [3.8, 4) is 11.5 Å². The van der Waals surface area contributed by atoms with Gasteiger partial charge < -0.3 is 14.8 Å². The summed E-state index contributed by atoms with van der Waals surface area (Å²) in [5, 5.41) is 2.98. The fourth-order valence-corrected chi connectivity index (χ4v) is 3.26. The van der Waals surface area contributed by atoms with E-state index in [9.17, 15) is 4.79 Å². The average Bonchev–Trinajstić information content (AvgIpc) is 2.66.